The van der Waals surface area contributed by atoms with Crippen molar-refractivity contribution in [1.29, 1.82) is 0 Å². The minimum atomic E-state index is -0.638. The van der Waals surface area contributed by atoms with Crippen LogP contribution in [0.25, 0.3) is 0 Å². The van der Waals surface area contributed by atoms with Gasteiger partial charge in [-0.2, -0.15) is 0 Å². The summed E-state index contributed by atoms with van der Waals surface area (Å²) in [5.41, 5.74) is 9.72. The van der Waals surface area contributed by atoms with Crippen molar-refractivity contribution in [1.82, 2.24) is 5.32 Å². The van der Waals surface area contributed by atoms with Gasteiger partial charge in [0.1, 0.15) is 5.75 Å². The zero-order valence-electron chi connectivity index (χ0n) is 17.8. The zero-order valence-corrected chi connectivity index (χ0v) is 17.8. The van der Waals surface area contributed by atoms with Gasteiger partial charge in [0.15, 0.2) is 0 Å². The highest BCUT2D eigenvalue weighted by molar-refractivity contribution is 5.42. The average Bonchev–Trinajstić information content (AvgIpc) is 3.12. The van der Waals surface area contributed by atoms with Gasteiger partial charge in [0.25, 0.3) is 0 Å². The molecular weight excluding hydrogens is 376 g/mol. The van der Waals surface area contributed by atoms with Crippen molar-refractivity contribution in [2.75, 3.05) is 19.8 Å². The van der Waals surface area contributed by atoms with Gasteiger partial charge in [-0.05, 0) is 48.1 Å². The van der Waals surface area contributed by atoms with Gasteiger partial charge in [-0.15, -0.1) is 6.58 Å². The highest BCUT2D eigenvalue weighted by atomic mass is 16.5. The van der Waals surface area contributed by atoms with Gasteiger partial charge in [-0.3, -0.25) is 0 Å². The minimum absolute atomic E-state index is 0.00543. The lowest BCUT2D eigenvalue weighted by Crippen LogP contribution is -2.43. The summed E-state index contributed by atoms with van der Waals surface area (Å²) in [6.45, 7) is 7.47. The Morgan fingerprint density at radius 2 is 2.03 bits per heavy atom. The monoisotopic (exact) mass is 410 g/mol. The Labute approximate surface area is 179 Å². The molecule has 5 nitrogen and oxygen atoms in total. The Morgan fingerprint density at radius 3 is 2.77 bits per heavy atom. The van der Waals surface area contributed by atoms with Crippen LogP contribution >= 0.6 is 0 Å². The van der Waals surface area contributed by atoms with Crippen LogP contribution in [0.3, 0.4) is 0 Å². The first-order valence-electron chi connectivity index (χ1n) is 10.8. The van der Waals surface area contributed by atoms with Gasteiger partial charge < -0.3 is 25.6 Å². The lowest BCUT2D eigenvalue weighted by Gasteiger charge is -2.22. The third-order valence-electron chi connectivity index (χ3n) is 5.50. The quantitative estimate of drug-likeness (QED) is 0.465. The molecule has 0 fully saturated rings. The van der Waals surface area contributed by atoms with E-state index in [0.29, 0.717) is 26.2 Å². The molecule has 5 heteroatoms. The third kappa shape index (κ3) is 5.92. The number of aliphatic hydroxyl groups excluding tert-OH is 1. The fourth-order valence-corrected chi connectivity index (χ4v) is 3.90. The number of aliphatic hydroxyl groups is 1. The molecule has 0 saturated heterocycles. The Morgan fingerprint density at radius 1 is 1.23 bits per heavy atom. The van der Waals surface area contributed by atoms with Crippen LogP contribution < -0.4 is 15.8 Å². The van der Waals surface area contributed by atoms with Crippen LogP contribution in [0, 0.1) is 0 Å². The summed E-state index contributed by atoms with van der Waals surface area (Å²) in [7, 11) is 0. The molecule has 162 valence electrons. The zero-order chi connectivity index (χ0) is 21.3. The number of fused-ring (bicyclic) bond motifs is 1. The maximum atomic E-state index is 10.6. The van der Waals surface area contributed by atoms with Crippen LogP contribution in [0.5, 0.6) is 5.75 Å². The highest BCUT2D eigenvalue weighted by Gasteiger charge is 2.32. The van der Waals surface area contributed by atoms with E-state index < -0.39 is 6.10 Å². The van der Waals surface area contributed by atoms with Crippen molar-refractivity contribution in [2.24, 2.45) is 5.73 Å². The van der Waals surface area contributed by atoms with Crippen molar-refractivity contribution in [3.8, 4) is 5.75 Å². The van der Waals surface area contributed by atoms with E-state index in [2.05, 4.69) is 31.0 Å². The van der Waals surface area contributed by atoms with Gasteiger partial charge in [-0.1, -0.05) is 49.4 Å². The molecule has 0 aromatic heterocycles. The Balaban J connectivity index is 1.64. The molecule has 0 amide bonds. The average molecular weight is 411 g/mol. The number of nitrogens with two attached hydrogens (primary N) is 1. The van der Waals surface area contributed by atoms with E-state index in [4.69, 9.17) is 15.2 Å². The van der Waals surface area contributed by atoms with Gasteiger partial charge >= 0.3 is 0 Å². The summed E-state index contributed by atoms with van der Waals surface area (Å²) in [6, 6.07) is 16.0. The van der Waals surface area contributed by atoms with E-state index in [1.807, 2.05) is 36.4 Å². The molecule has 1 aliphatic carbocycles. The molecule has 0 heterocycles. The third-order valence-corrected chi connectivity index (χ3v) is 5.50. The lowest BCUT2D eigenvalue weighted by atomic mass is 10.0. The number of hydrogen-bond acceptors (Lipinski definition) is 5. The van der Waals surface area contributed by atoms with Crippen LogP contribution in [-0.2, 0) is 11.2 Å². The maximum Gasteiger partial charge on any atom is 0.119 e. The Kier molecular flexibility index (Phi) is 8.46. The van der Waals surface area contributed by atoms with E-state index in [1.54, 1.807) is 6.08 Å². The maximum absolute atomic E-state index is 10.6. The molecule has 0 bridgehead atoms. The van der Waals surface area contributed by atoms with Crippen molar-refractivity contribution in [3.63, 3.8) is 0 Å². The molecule has 0 radical (unpaired) electrons. The molecule has 2 aromatic rings. The van der Waals surface area contributed by atoms with Crippen molar-refractivity contribution >= 4 is 0 Å². The second-order valence-corrected chi connectivity index (χ2v) is 7.87. The topological polar surface area (TPSA) is 76.7 Å². The molecule has 4 atom stereocenters. The van der Waals surface area contributed by atoms with Crippen LogP contribution in [0.15, 0.2) is 61.2 Å². The second-order valence-electron chi connectivity index (χ2n) is 7.87. The second kappa shape index (κ2) is 11.3. The number of ether oxygens (including phenoxy) is 2. The summed E-state index contributed by atoms with van der Waals surface area (Å²) in [5, 5.41) is 14.1. The van der Waals surface area contributed by atoms with Gasteiger partial charge in [0.2, 0.25) is 0 Å². The molecular formula is C25H34N2O3. The van der Waals surface area contributed by atoms with Crippen molar-refractivity contribution < 1.29 is 14.6 Å². The predicted octanol–water partition coefficient (Wildman–Crippen LogP) is 3.68. The molecule has 4 N–H and O–H groups in total. The largest absolute Gasteiger partial charge is 0.494 e. The van der Waals surface area contributed by atoms with Crippen LogP contribution in [0.1, 0.15) is 48.6 Å². The summed E-state index contributed by atoms with van der Waals surface area (Å²) in [4.78, 5) is 0. The number of benzene rings is 2. The lowest BCUT2D eigenvalue weighted by molar-refractivity contribution is 0.0678. The summed E-state index contributed by atoms with van der Waals surface area (Å²) in [5.74, 6) is 0.869. The summed E-state index contributed by atoms with van der Waals surface area (Å²) >= 11 is 0. The van der Waals surface area contributed by atoms with Crippen LogP contribution in [0.2, 0.25) is 0 Å². The Hall–Kier alpha value is -2.18. The predicted molar refractivity (Wildman–Crippen MR) is 121 cm³/mol. The highest BCUT2D eigenvalue weighted by Crippen LogP contribution is 2.42. The molecule has 2 aromatic carbocycles. The number of rotatable bonds is 12. The van der Waals surface area contributed by atoms with Gasteiger partial charge in [0.05, 0.1) is 25.4 Å². The minimum Gasteiger partial charge on any atom is -0.494 e. The summed E-state index contributed by atoms with van der Waals surface area (Å²) < 4.78 is 11.8. The molecule has 30 heavy (non-hydrogen) atoms. The van der Waals surface area contributed by atoms with E-state index in [9.17, 15) is 5.11 Å². The van der Waals surface area contributed by atoms with Crippen LogP contribution in [-0.4, -0.2) is 37.0 Å². The van der Waals surface area contributed by atoms with Crippen molar-refractivity contribution in [3.05, 3.63) is 77.9 Å². The molecule has 0 spiro atoms. The first-order valence-corrected chi connectivity index (χ1v) is 10.8. The number of hydrogen-bond donors (Lipinski definition) is 3. The van der Waals surface area contributed by atoms with Gasteiger partial charge in [-0.25, -0.2) is 0 Å². The first-order chi connectivity index (χ1) is 14.6. The van der Waals surface area contributed by atoms with E-state index in [0.717, 1.165) is 24.2 Å². The fraction of sp³-hybridized carbons (Fsp3) is 0.440. The molecule has 3 rings (SSSR count). The Bertz CT molecular complexity index is 796. The molecule has 0 aliphatic heterocycles. The van der Waals surface area contributed by atoms with E-state index in [-0.39, 0.29) is 18.2 Å². The number of nitrogens with one attached hydrogen (secondary N) is 1. The molecule has 2 unspecified atom stereocenters. The van der Waals surface area contributed by atoms with Crippen LogP contribution in [0.4, 0.5) is 0 Å². The smallest absolute Gasteiger partial charge is 0.119 e. The fourth-order valence-electron chi connectivity index (χ4n) is 3.90. The van der Waals surface area contributed by atoms with E-state index in [1.165, 1.54) is 11.1 Å². The first kappa shape index (κ1) is 22.5. The summed E-state index contributed by atoms with van der Waals surface area (Å²) in [6.07, 6.45) is 3.56. The molecule has 1 aliphatic rings. The van der Waals surface area contributed by atoms with Gasteiger partial charge in [0, 0.05) is 18.6 Å². The van der Waals surface area contributed by atoms with Crippen molar-refractivity contribution in [2.45, 2.75) is 50.5 Å². The normalized spacial score (nSPS) is 19.8. The standard InChI is InChI=1S/C25H34N2O3/c1-3-12-29-19-10-11-20-21(15-19)23(16-25(20)30-13-4-2)27-17-24(28)22(26)14-18-8-6-5-7-9-18/h4-11,15,22-25,27-28H,2-3,12-14,16-17,26H2,1H3/t22-,23?,24+,25?/m0/s1. The SMILES string of the molecule is C=CCOC1CC(NC[C@@H](O)[C@@H](N)Cc2ccccc2)c2cc(OCCC)ccc21. The van der Waals surface area contributed by atoms with E-state index >= 15 is 0 Å². The molecule has 0 saturated carbocycles.